The summed E-state index contributed by atoms with van der Waals surface area (Å²) in [6.45, 7) is 4.62. The smallest absolute Gasteiger partial charge is 0.255 e. The minimum absolute atomic E-state index is 0.0559. The number of nitrogens with one attached hydrogen (secondary N) is 1. The Morgan fingerprint density at radius 3 is 2.58 bits per heavy atom. The molecule has 0 radical (unpaired) electrons. The van der Waals surface area contributed by atoms with Crippen LogP contribution < -0.4 is 5.32 Å². The van der Waals surface area contributed by atoms with Gasteiger partial charge in [-0.05, 0) is 36.8 Å². The summed E-state index contributed by atoms with van der Waals surface area (Å²) < 4.78 is 0. The monoisotopic (exact) mass is 260 g/mol. The van der Waals surface area contributed by atoms with Gasteiger partial charge < -0.3 is 10.2 Å². The molecular weight excluding hydrogens is 236 g/mol. The van der Waals surface area contributed by atoms with Gasteiger partial charge in [-0.15, -0.1) is 0 Å². The first-order chi connectivity index (χ1) is 8.89. The standard InChI is InChI=1S/C16H24N2O/c1-16(2)10-9-12(11-16)17-14-8-6-5-7-13(14)15(19)18(3)4/h5-8,12,17H,9-11H2,1-4H3. The molecule has 0 heterocycles. The second kappa shape index (κ2) is 5.24. The lowest BCUT2D eigenvalue weighted by atomic mass is 9.92. The molecule has 0 saturated heterocycles. The summed E-state index contributed by atoms with van der Waals surface area (Å²) in [5, 5.41) is 3.55. The fraction of sp³-hybridized carbons (Fsp3) is 0.562. The second-order valence-electron chi connectivity index (χ2n) is 6.49. The van der Waals surface area contributed by atoms with E-state index in [1.54, 1.807) is 19.0 Å². The van der Waals surface area contributed by atoms with Gasteiger partial charge in [0.25, 0.3) is 5.91 Å². The van der Waals surface area contributed by atoms with Crippen LogP contribution in [-0.4, -0.2) is 30.9 Å². The Morgan fingerprint density at radius 1 is 1.32 bits per heavy atom. The molecule has 1 atom stereocenters. The third kappa shape index (κ3) is 3.28. The van der Waals surface area contributed by atoms with E-state index in [9.17, 15) is 4.79 Å². The maximum absolute atomic E-state index is 12.2. The predicted molar refractivity (Wildman–Crippen MR) is 79.5 cm³/mol. The van der Waals surface area contributed by atoms with Crippen molar-refractivity contribution in [1.82, 2.24) is 4.90 Å². The molecule has 3 heteroatoms. The summed E-state index contributed by atoms with van der Waals surface area (Å²) in [5.74, 6) is 0.0559. The lowest BCUT2D eigenvalue weighted by Crippen LogP contribution is -2.25. The summed E-state index contributed by atoms with van der Waals surface area (Å²) in [4.78, 5) is 13.8. The molecule has 1 unspecified atom stereocenters. The molecule has 19 heavy (non-hydrogen) atoms. The number of rotatable bonds is 3. The zero-order valence-corrected chi connectivity index (χ0v) is 12.4. The van der Waals surface area contributed by atoms with Crippen molar-refractivity contribution >= 4 is 11.6 Å². The van der Waals surface area contributed by atoms with Gasteiger partial charge in [-0.3, -0.25) is 4.79 Å². The quantitative estimate of drug-likeness (QED) is 0.903. The first-order valence-electron chi connectivity index (χ1n) is 6.96. The number of para-hydroxylation sites is 1. The molecule has 1 amide bonds. The van der Waals surface area contributed by atoms with Gasteiger partial charge >= 0.3 is 0 Å². The first kappa shape index (κ1) is 13.9. The Labute approximate surface area is 116 Å². The van der Waals surface area contributed by atoms with E-state index in [1.807, 2.05) is 24.3 Å². The van der Waals surface area contributed by atoms with Gasteiger partial charge in [0.1, 0.15) is 0 Å². The lowest BCUT2D eigenvalue weighted by Gasteiger charge is -2.21. The molecular formula is C16H24N2O. The Morgan fingerprint density at radius 2 is 2.00 bits per heavy atom. The molecule has 1 saturated carbocycles. The van der Waals surface area contributed by atoms with Crippen molar-refractivity contribution in [2.75, 3.05) is 19.4 Å². The van der Waals surface area contributed by atoms with Crippen LogP contribution in [0.5, 0.6) is 0 Å². The second-order valence-corrected chi connectivity index (χ2v) is 6.49. The number of carbonyl (C=O) groups is 1. The van der Waals surface area contributed by atoms with Gasteiger partial charge in [-0.25, -0.2) is 0 Å². The van der Waals surface area contributed by atoms with Gasteiger partial charge in [0, 0.05) is 25.8 Å². The van der Waals surface area contributed by atoms with Crippen LogP contribution in [0, 0.1) is 5.41 Å². The van der Waals surface area contributed by atoms with Crippen LogP contribution in [0.4, 0.5) is 5.69 Å². The summed E-state index contributed by atoms with van der Waals surface area (Å²) in [7, 11) is 3.58. The van der Waals surface area contributed by atoms with Crippen LogP contribution in [0.1, 0.15) is 43.5 Å². The van der Waals surface area contributed by atoms with E-state index < -0.39 is 0 Å². The molecule has 1 aromatic rings. The van der Waals surface area contributed by atoms with Crippen molar-refractivity contribution in [1.29, 1.82) is 0 Å². The summed E-state index contributed by atoms with van der Waals surface area (Å²) in [5.41, 5.74) is 2.14. The van der Waals surface area contributed by atoms with Gasteiger partial charge in [0.05, 0.1) is 5.56 Å². The normalized spacial score (nSPS) is 21.2. The van der Waals surface area contributed by atoms with Crippen molar-refractivity contribution in [3.05, 3.63) is 29.8 Å². The number of benzene rings is 1. The summed E-state index contributed by atoms with van der Waals surface area (Å²) >= 11 is 0. The van der Waals surface area contributed by atoms with E-state index in [-0.39, 0.29) is 5.91 Å². The summed E-state index contributed by atoms with van der Waals surface area (Å²) in [6, 6.07) is 8.27. The molecule has 0 spiro atoms. The maximum atomic E-state index is 12.2. The summed E-state index contributed by atoms with van der Waals surface area (Å²) in [6.07, 6.45) is 3.59. The largest absolute Gasteiger partial charge is 0.382 e. The zero-order chi connectivity index (χ0) is 14.0. The minimum atomic E-state index is 0.0559. The lowest BCUT2D eigenvalue weighted by molar-refractivity contribution is 0.0828. The number of hydrogen-bond acceptors (Lipinski definition) is 2. The average Bonchev–Trinajstić information content (AvgIpc) is 2.68. The van der Waals surface area contributed by atoms with Gasteiger partial charge in [-0.2, -0.15) is 0 Å². The number of amides is 1. The number of nitrogens with zero attached hydrogens (tertiary/aromatic N) is 1. The van der Waals surface area contributed by atoms with Gasteiger partial charge in [-0.1, -0.05) is 26.0 Å². The molecule has 1 N–H and O–H groups in total. The highest BCUT2D eigenvalue weighted by Gasteiger charge is 2.31. The third-order valence-corrected chi connectivity index (χ3v) is 3.89. The van der Waals surface area contributed by atoms with Crippen LogP contribution in [0.2, 0.25) is 0 Å². The number of carbonyl (C=O) groups excluding carboxylic acids is 1. The number of anilines is 1. The molecule has 0 bridgehead atoms. The number of hydrogen-bond donors (Lipinski definition) is 1. The highest BCUT2D eigenvalue weighted by Crippen LogP contribution is 2.38. The SMILES string of the molecule is CN(C)C(=O)c1ccccc1NC1CCC(C)(C)C1. The van der Waals surface area contributed by atoms with Crippen LogP contribution in [0.15, 0.2) is 24.3 Å². The van der Waals surface area contributed by atoms with Crippen LogP contribution in [-0.2, 0) is 0 Å². The molecule has 1 aliphatic rings. The predicted octanol–water partition coefficient (Wildman–Crippen LogP) is 3.38. The van der Waals surface area contributed by atoms with E-state index in [0.29, 0.717) is 11.5 Å². The Kier molecular flexibility index (Phi) is 3.83. The van der Waals surface area contributed by atoms with Gasteiger partial charge in [0.2, 0.25) is 0 Å². The van der Waals surface area contributed by atoms with Crippen molar-refractivity contribution in [2.45, 2.75) is 39.2 Å². The van der Waals surface area contributed by atoms with E-state index in [1.165, 1.54) is 12.8 Å². The molecule has 0 aliphatic heterocycles. The van der Waals surface area contributed by atoms with E-state index >= 15 is 0 Å². The molecule has 104 valence electrons. The zero-order valence-electron chi connectivity index (χ0n) is 12.4. The maximum Gasteiger partial charge on any atom is 0.255 e. The van der Waals surface area contributed by atoms with Crippen LogP contribution in [0.3, 0.4) is 0 Å². The van der Waals surface area contributed by atoms with Crippen molar-refractivity contribution in [3.63, 3.8) is 0 Å². The molecule has 0 aromatic heterocycles. The van der Waals surface area contributed by atoms with Crippen LogP contribution >= 0.6 is 0 Å². The van der Waals surface area contributed by atoms with Crippen LogP contribution in [0.25, 0.3) is 0 Å². The first-order valence-corrected chi connectivity index (χ1v) is 6.96. The van der Waals surface area contributed by atoms with E-state index in [4.69, 9.17) is 0 Å². The topological polar surface area (TPSA) is 32.3 Å². The Bertz CT molecular complexity index is 466. The van der Waals surface area contributed by atoms with Gasteiger partial charge in [0.15, 0.2) is 0 Å². The molecule has 1 fully saturated rings. The van der Waals surface area contributed by atoms with Crippen molar-refractivity contribution in [3.8, 4) is 0 Å². The molecule has 3 nitrogen and oxygen atoms in total. The highest BCUT2D eigenvalue weighted by molar-refractivity contribution is 5.99. The fourth-order valence-electron chi connectivity index (χ4n) is 2.82. The molecule has 2 rings (SSSR count). The van der Waals surface area contributed by atoms with Crippen molar-refractivity contribution in [2.24, 2.45) is 5.41 Å². The molecule has 1 aromatic carbocycles. The minimum Gasteiger partial charge on any atom is -0.382 e. The average molecular weight is 260 g/mol. The Balaban J connectivity index is 2.15. The van der Waals surface area contributed by atoms with E-state index in [0.717, 1.165) is 17.7 Å². The van der Waals surface area contributed by atoms with E-state index in [2.05, 4.69) is 19.2 Å². The van der Waals surface area contributed by atoms with Crippen molar-refractivity contribution < 1.29 is 4.79 Å². The third-order valence-electron chi connectivity index (χ3n) is 3.89. The Hall–Kier alpha value is -1.51. The highest BCUT2D eigenvalue weighted by atomic mass is 16.2. The fourth-order valence-corrected chi connectivity index (χ4v) is 2.82. The molecule has 1 aliphatic carbocycles.